The van der Waals surface area contributed by atoms with Crippen LogP contribution in [0.15, 0.2) is 30.3 Å². The summed E-state index contributed by atoms with van der Waals surface area (Å²) in [6.07, 6.45) is 0.0904. The van der Waals surface area contributed by atoms with Crippen molar-refractivity contribution in [3.63, 3.8) is 0 Å². The minimum absolute atomic E-state index is 0.0273. The topological polar surface area (TPSA) is 43.4 Å². The van der Waals surface area contributed by atoms with Crippen molar-refractivity contribution in [1.29, 1.82) is 0 Å². The van der Waals surface area contributed by atoms with Gasteiger partial charge in [0.25, 0.3) is 0 Å². The molecule has 0 spiro atoms. The summed E-state index contributed by atoms with van der Waals surface area (Å²) < 4.78 is 4.46. The molecule has 0 aliphatic carbocycles. The van der Waals surface area contributed by atoms with E-state index in [1.807, 2.05) is 18.2 Å². The first-order valence-corrected chi connectivity index (χ1v) is 4.29. The lowest BCUT2D eigenvalue weighted by molar-refractivity contribution is -0.158. The molecule has 0 atom stereocenters. The van der Waals surface area contributed by atoms with Crippen LogP contribution in [0.3, 0.4) is 0 Å². The standard InChI is InChI=1S/C11H11O3/c1-2-10(12)14-11(13)8-9-6-4-3-5-7-9/h3-7H,1-2,8H2. The molecular weight excluding hydrogens is 180 g/mol. The fourth-order valence-electron chi connectivity index (χ4n) is 0.977. The summed E-state index contributed by atoms with van der Waals surface area (Å²) in [4.78, 5) is 21.8. The second-order valence-corrected chi connectivity index (χ2v) is 2.76. The zero-order valence-corrected chi connectivity index (χ0v) is 7.73. The van der Waals surface area contributed by atoms with Crippen molar-refractivity contribution in [2.24, 2.45) is 0 Å². The quantitative estimate of drug-likeness (QED) is 0.537. The van der Waals surface area contributed by atoms with E-state index >= 15 is 0 Å². The number of benzene rings is 1. The predicted octanol–water partition coefficient (Wildman–Crippen LogP) is 1.52. The summed E-state index contributed by atoms with van der Waals surface area (Å²) in [7, 11) is 0. The molecule has 1 radical (unpaired) electrons. The number of esters is 2. The summed E-state index contributed by atoms with van der Waals surface area (Å²) in [6, 6.07) is 9.11. The van der Waals surface area contributed by atoms with E-state index in [1.165, 1.54) is 0 Å². The molecular formula is C11H11O3. The molecule has 0 aliphatic heterocycles. The molecule has 3 heteroatoms. The monoisotopic (exact) mass is 191 g/mol. The lowest BCUT2D eigenvalue weighted by Crippen LogP contribution is -2.13. The number of carbonyl (C=O) groups is 2. The van der Waals surface area contributed by atoms with E-state index in [2.05, 4.69) is 11.7 Å². The van der Waals surface area contributed by atoms with Crippen LogP contribution >= 0.6 is 0 Å². The van der Waals surface area contributed by atoms with Gasteiger partial charge in [-0.1, -0.05) is 30.3 Å². The summed E-state index contributed by atoms with van der Waals surface area (Å²) >= 11 is 0. The van der Waals surface area contributed by atoms with Crippen LogP contribution in [0.1, 0.15) is 12.0 Å². The molecule has 0 saturated carbocycles. The molecule has 0 saturated heterocycles. The smallest absolute Gasteiger partial charge is 0.317 e. The lowest BCUT2D eigenvalue weighted by Gasteiger charge is -2.00. The Labute approximate surface area is 82.7 Å². The molecule has 73 valence electrons. The summed E-state index contributed by atoms with van der Waals surface area (Å²) in [6.45, 7) is 3.32. The minimum Gasteiger partial charge on any atom is -0.393 e. The highest BCUT2D eigenvalue weighted by atomic mass is 16.6. The van der Waals surface area contributed by atoms with Crippen LogP contribution < -0.4 is 0 Å². The van der Waals surface area contributed by atoms with Crippen molar-refractivity contribution in [2.45, 2.75) is 12.8 Å². The first-order valence-electron chi connectivity index (χ1n) is 4.29. The van der Waals surface area contributed by atoms with Gasteiger partial charge in [-0.25, -0.2) is 0 Å². The average Bonchev–Trinajstić information content (AvgIpc) is 2.19. The van der Waals surface area contributed by atoms with E-state index in [4.69, 9.17) is 0 Å². The Morgan fingerprint density at radius 3 is 2.36 bits per heavy atom. The van der Waals surface area contributed by atoms with Crippen LogP contribution in [0.2, 0.25) is 0 Å². The van der Waals surface area contributed by atoms with E-state index in [1.54, 1.807) is 12.1 Å². The van der Waals surface area contributed by atoms with E-state index in [9.17, 15) is 9.59 Å². The Morgan fingerprint density at radius 1 is 1.14 bits per heavy atom. The van der Waals surface area contributed by atoms with E-state index in [0.717, 1.165) is 5.56 Å². The number of hydrogen-bond acceptors (Lipinski definition) is 3. The van der Waals surface area contributed by atoms with Gasteiger partial charge in [-0.2, -0.15) is 0 Å². The van der Waals surface area contributed by atoms with Crippen molar-refractivity contribution in [3.8, 4) is 0 Å². The molecule has 3 nitrogen and oxygen atoms in total. The second-order valence-electron chi connectivity index (χ2n) is 2.76. The van der Waals surface area contributed by atoms with Crippen LogP contribution in [0.5, 0.6) is 0 Å². The molecule has 0 unspecified atom stereocenters. The second kappa shape index (κ2) is 5.17. The molecule has 14 heavy (non-hydrogen) atoms. The summed E-state index contributed by atoms with van der Waals surface area (Å²) in [5.41, 5.74) is 0.828. The molecule has 0 aromatic heterocycles. The zero-order valence-electron chi connectivity index (χ0n) is 7.73. The van der Waals surface area contributed by atoms with Gasteiger partial charge in [0, 0.05) is 6.42 Å². The highest BCUT2D eigenvalue weighted by molar-refractivity contribution is 5.86. The summed E-state index contributed by atoms with van der Waals surface area (Å²) in [5, 5.41) is 0. The summed E-state index contributed by atoms with van der Waals surface area (Å²) in [5.74, 6) is -1.13. The molecule has 1 rings (SSSR count). The largest absolute Gasteiger partial charge is 0.393 e. The predicted molar refractivity (Wildman–Crippen MR) is 51.2 cm³/mol. The molecule has 0 bridgehead atoms. The van der Waals surface area contributed by atoms with E-state index < -0.39 is 11.9 Å². The molecule has 0 N–H and O–H groups in total. The Bertz CT molecular complexity index is 317. The van der Waals surface area contributed by atoms with Gasteiger partial charge in [0.05, 0.1) is 6.42 Å². The van der Waals surface area contributed by atoms with Crippen molar-refractivity contribution in [3.05, 3.63) is 42.8 Å². The van der Waals surface area contributed by atoms with Crippen molar-refractivity contribution in [1.82, 2.24) is 0 Å². The molecule has 0 amide bonds. The van der Waals surface area contributed by atoms with Crippen LogP contribution in [-0.2, 0) is 20.7 Å². The van der Waals surface area contributed by atoms with Gasteiger partial charge in [-0.15, -0.1) is 0 Å². The van der Waals surface area contributed by atoms with Gasteiger partial charge in [0.1, 0.15) is 0 Å². The van der Waals surface area contributed by atoms with Crippen LogP contribution in [0, 0.1) is 6.92 Å². The first kappa shape index (κ1) is 10.4. The number of hydrogen-bond donors (Lipinski definition) is 0. The Balaban J connectivity index is 2.46. The normalized spacial score (nSPS) is 9.50. The fraction of sp³-hybridized carbons (Fsp3) is 0.182. The molecule has 0 fully saturated rings. The first-order chi connectivity index (χ1) is 6.72. The minimum atomic E-state index is -0.592. The van der Waals surface area contributed by atoms with Crippen molar-refractivity contribution >= 4 is 11.9 Å². The van der Waals surface area contributed by atoms with E-state index in [0.29, 0.717) is 0 Å². The zero-order chi connectivity index (χ0) is 10.4. The van der Waals surface area contributed by atoms with Gasteiger partial charge < -0.3 is 4.74 Å². The molecule has 0 aliphatic rings. The number of ether oxygens (including phenoxy) is 1. The maximum atomic E-state index is 11.1. The van der Waals surface area contributed by atoms with Gasteiger partial charge in [0.2, 0.25) is 0 Å². The van der Waals surface area contributed by atoms with Crippen LogP contribution in [0.25, 0.3) is 0 Å². The average molecular weight is 191 g/mol. The van der Waals surface area contributed by atoms with E-state index in [-0.39, 0.29) is 12.8 Å². The van der Waals surface area contributed by atoms with Crippen LogP contribution in [0.4, 0.5) is 0 Å². The Hall–Kier alpha value is -1.64. The third-order valence-corrected chi connectivity index (χ3v) is 1.62. The van der Waals surface area contributed by atoms with Gasteiger partial charge in [-0.05, 0) is 12.5 Å². The van der Waals surface area contributed by atoms with Crippen molar-refractivity contribution in [2.75, 3.05) is 0 Å². The number of rotatable bonds is 3. The molecule has 1 aromatic carbocycles. The number of carbonyl (C=O) groups excluding carboxylic acids is 2. The van der Waals surface area contributed by atoms with Crippen LogP contribution in [-0.4, -0.2) is 11.9 Å². The van der Waals surface area contributed by atoms with Crippen molar-refractivity contribution < 1.29 is 14.3 Å². The third kappa shape index (κ3) is 3.39. The Morgan fingerprint density at radius 2 is 1.79 bits per heavy atom. The molecule has 0 heterocycles. The third-order valence-electron chi connectivity index (χ3n) is 1.62. The maximum absolute atomic E-state index is 11.1. The fourth-order valence-corrected chi connectivity index (χ4v) is 0.977. The highest BCUT2D eigenvalue weighted by Gasteiger charge is 2.08. The van der Waals surface area contributed by atoms with Gasteiger partial charge in [-0.3, -0.25) is 9.59 Å². The highest BCUT2D eigenvalue weighted by Crippen LogP contribution is 2.01. The van der Waals surface area contributed by atoms with Gasteiger partial charge >= 0.3 is 11.9 Å². The van der Waals surface area contributed by atoms with Gasteiger partial charge in [0.15, 0.2) is 0 Å². The molecule has 1 aromatic rings. The SMILES string of the molecule is [CH2]CC(=O)OC(=O)Cc1ccccc1. The lowest BCUT2D eigenvalue weighted by atomic mass is 10.2. The Kier molecular flexibility index (Phi) is 3.85. The maximum Gasteiger partial charge on any atom is 0.317 e.